The van der Waals surface area contributed by atoms with E-state index in [0.717, 1.165) is 82.9 Å². The molecule has 8 aromatic carbocycles. The number of para-hydroxylation sites is 4. The van der Waals surface area contributed by atoms with Crippen LogP contribution in [0.5, 0.6) is 0 Å². The number of hydrogen-bond donors (Lipinski definition) is 0. The van der Waals surface area contributed by atoms with Crippen molar-refractivity contribution in [1.82, 2.24) is 9.13 Å². The van der Waals surface area contributed by atoms with E-state index < -0.39 is 0 Å². The van der Waals surface area contributed by atoms with Crippen molar-refractivity contribution in [2.24, 2.45) is 0 Å². The molecule has 250 valence electrons. The van der Waals surface area contributed by atoms with E-state index in [1.165, 1.54) is 27.1 Å². The van der Waals surface area contributed by atoms with Crippen LogP contribution in [0.4, 0.5) is 0 Å². The van der Waals surface area contributed by atoms with Gasteiger partial charge >= 0.3 is 0 Å². The third-order valence-electron chi connectivity index (χ3n) is 11.1. The summed E-state index contributed by atoms with van der Waals surface area (Å²) in [5.74, 6) is 0. The lowest BCUT2D eigenvalue weighted by Crippen LogP contribution is -1.94. The number of aromatic nitrogens is 2. The number of furan rings is 2. The van der Waals surface area contributed by atoms with Crippen molar-refractivity contribution < 1.29 is 8.83 Å². The molecule has 4 aromatic heterocycles. The predicted molar refractivity (Wildman–Crippen MR) is 220 cm³/mol. The zero-order valence-electron chi connectivity index (χ0n) is 28.7. The summed E-state index contributed by atoms with van der Waals surface area (Å²) < 4.78 is 17.4. The molecule has 54 heavy (non-hydrogen) atoms. The minimum Gasteiger partial charge on any atom is -0.456 e. The van der Waals surface area contributed by atoms with Crippen LogP contribution in [0.2, 0.25) is 0 Å². The van der Waals surface area contributed by atoms with E-state index in [1.54, 1.807) is 6.07 Å². The van der Waals surface area contributed by atoms with E-state index in [4.69, 9.17) is 8.83 Å². The smallest absolute Gasteiger partial charge is 0.159 e. The van der Waals surface area contributed by atoms with Crippen molar-refractivity contribution in [1.29, 1.82) is 5.26 Å². The third kappa shape index (κ3) is 3.91. The summed E-state index contributed by atoms with van der Waals surface area (Å²) >= 11 is 0. The molecule has 5 nitrogen and oxygen atoms in total. The van der Waals surface area contributed by atoms with Gasteiger partial charge in [0.15, 0.2) is 5.58 Å². The van der Waals surface area contributed by atoms with Crippen molar-refractivity contribution in [2.75, 3.05) is 0 Å². The average molecular weight is 690 g/mol. The quantitative estimate of drug-likeness (QED) is 0.185. The normalized spacial score (nSPS) is 12.1. The first-order chi connectivity index (χ1) is 26.7. The van der Waals surface area contributed by atoms with Gasteiger partial charge in [0.05, 0.1) is 39.4 Å². The molecule has 0 atom stereocenters. The Hall–Kier alpha value is -7.55. The van der Waals surface area contributed by atoms with Crippen LogP contribution in [0.15, 0.2) is 173 Å². The first kappa shape index (κ1) is 29.1. The molecule has 0 spiro atoms. The summed E-state index contributed by atoms with van der Waals surface area (Å²) in [6.07, 6.45) is 0. The number of rotatable bonds is 3. The fraction of sp³-hybridized carbons (Fsp3) is 0. The zero-order chi connectivity index (χ0) is 35.5. The van der Waals surface area contributed by atoms with Crippen molar-refractivity contribution in [2.45, 2.75) is 0 Å². The summed E-state index contributed by atoms with van der Waals surface area (Å²) in [5, 5.41) is 18.5. The second-order valence-electron chi connectivity index (χ2n) is 14.0. The van der Waals surface area contributed by atoms with Gasteiger partial charge in [-0.15, -0.1) is 0 Å². The van der Waals surface area contributed by atoms with Gasteiger partial charge < -0.3 is 18.0 Å². The Morgan fingerprint density at radius 1 is 0.426 bits per heavy atom. The molecule has 4 heterocycles. The Bertz CT molecular complexity index is 3590. The lowest BCUT2D eigenvalue weighted by molar-refractivity contribution is 0.666. The minimum absolute atomic E-state index is 0.615. The lowest BCUT2D eigenvalue weighted by Gasteiger charge is -2.10. The molecule has 12 rings (SSSR count). The van der Waals surface area contributed by atoms with Crippen LogP contribution in [-0.2, 0) is 0 Å². The molecule has 0 saturated heterocycles. The standard InChI is InChI=1S/C49H27N3O2/c50-28-29-19-23-46-38(25-29)39-27-31(21-24-47(39)53-46)51-40-14-4-1-9-33(40)37-26-30(20-22-42(37)51)32-12-7-16-43-48(32)36-11-2-5-15-41(36)52(43)44-17-8-13-35-34-10-3-6-18-45(34)54-49(35)44/h1-27H. The second kappa shape index (κ2) is 10.7. The van der Waals surface area contributed by atoms with E-state index in [0.29, 0.717) is 5.56 Å². The van der Waals surface area contributed by atoms with Crippen LogP contribution in [0, 0.1) is 11.3 Å². The maximum Gasteiger partial charge on any atom is 0.159 e. The van der Waals surface area contributed by atoms with Crippen molar-refractivity contribution in [3.63, 3.8) is 0 Å². The Morgan fingerprint density at radius 3 is 1.96 bits per heavy atom. The van der Waals surface area contributed by atoms with E-state index in [1.807, 2.05) is 30.3 Å². The zero-order valence-corrected chi connectivity index (χ0v) is 28.7. The number of fused-ring (bicyclic) bond motifs is 12. The van der Waals surface area contributed by atoms with Gasteiger partial charge in [-0.1, -0.05) is 84.9 Å². The highest BCUT2D eigenvalue weighted by Crippen LogP contribution is 2.43. The van der Waals surface area contributed by atoms with Gasteiger partial charge in [-0.25, -0.2) is 0 Å². The molecule has 0 unspecified atom stereocenters. The molecule has 0 saturated carbocycles. The van der Waals surface area contributed by atoms with Crippen molar-refractivity contribution >= 4 is 87.5 Å². The molecular weight excluding hydrogens is 663 g/mol. The Morgan fingerprint density at radius 2 is 1.09 bits per heavy atom. The summed E-state index contributed by atoms with van der Waals surface area (Å²) in [6.45, 7) is 0. The molecule has 0 N–H and O–H groups in total. The number of hydrogen-bond acceptors (Lipinski definition) is 3. The minimum atomic E-state index is 0.615. The molecule has 0 aliphatic rings. The second-order valence-corrected chi connectivity index (χ2v) is 14.0. The number of nitrogens with zero attached hydrogens (tertiary/aromatic N) is 3. The summed E-state index contributed by atoms with van der Waals surface area (Å²) in [7, 11) is 0. The molecule has 0 amide bonds. The van der Waals surface area contributed by atoms with Crippen LogP contribution in [0.1, 0.15) is 5.56 Å². The molecule has 5 heteroatoms. The van der Waals surface area contributed by atoms with E-state index in [2.05, 4.69) is 143 Å². The summed E-state index contributed by atoms with van der Waals surface area (Å²) in [5.41, 5.74) is 12.9. The first-order valence-corrected chi connectivity index (χ1v) is 18.1. The highest BCUT2D eigenvalue weighted by molar-refractivity contribution is 6.19. The maximum atomic E-state index is 9.59. The molecule has 0 radical (unpaired) electrons. The fourth-order valence-electron chi connectivity index (χ4n) is 8.82. The number of nitriles is 1. The number of benzene rings is 8. The first-order valence-electron chi connectivity index (χ1n) is 18.1. The van der Waals surface area contributed by atoms with Gasteiger partial charge in [0.1, 0.15) is 16.7 Å². The monoisotopic (exact) mass is 689 g/mol. The van der Waals surface area contributed by atoms with Crippen LogP contribution >= 0.6 is 0 Å². The predicted octanol–water partition coefficient (Wildman–Crippen LogP) is 13.2. The Kier molecular flexibility index (Phi) is 5.78. The van der Waals surface area contributed by atoms with Gasteiger partial charge in [-0.2, -0.15) is 5.26 Å². The molecule has 0 bridgehead atoms. The van der Waals surface area contributed by atoms with E-state index in [9.17, 15) is 5.26 Å². The highest BCUT2D eigenvalue weighted by Gasteiger charge is 2.21. The highest BCUT2D eigenvalue weighted by atomic mass is 16.3. The van der Waals surface area contributed by atoms with Crippen LogP contribution in [-0.4, -0.2) is 9.13 Å². The summed E-state index contributed by atoms with van der Waals surface area (Å²) in [4.78, 5) is 0. The topological polar surface area (TPSA) is 59.9 Å². The van der Waals surface area contributed by atoms with Crippen LogP contribution in [0.25, 0.3) is 110 Å². The van der Waals surface area contributed by atoms with Gasteiger partial charge in [-0.05, 0) is 90.0 Å². The van der Waals surface area contributed by atoms with Gasteiger partial charge in [-0.3, -0.25) is 0 Å². The van der Waals surface area contributed by atoms with Crippen LogP contribution < -0.4 is 0 Å². The molecule has 0 aliphatic heterocycles. The maximum absolute atomic E-state index is 9.59. The van der Waals surface area contributed by atoms with Gasteiger partial charge in [0, 0.05) is 48.8 Å². The molecule has 0 fully saturated rings. The largest absolute Gasteiger partial charge is 0.456 e. The lowest BCUT2D eigenvalue weighted by atomic mass is 9.98. The Labute approximate surface area is 307 Å². The van der Waals surface area contributed by atoms with Crippen molar-refractivity contribution in [3.8, 4) is 28.6 Å². The average Bonchev–Trinajstić information content (AvgIpc) is 3.98. The fourth-order valence-corrected chi connectivity index (χ4v) is 8.82. The molecular formula is C49H27N3O2. The SMILES string of the molecule is N#Cc1ccc2oc3ccc(-n4c5ccccc5c5cc(-c6cccc7c6c6ccccc6n7-c6cccc7c6oc6ccccc67)ccc54)cc3c2c1. The third-order valence-corrected chi connectivity index (χ3v) is 11.1. The summed E-state index contributed by atoms with van der Waals surface area (Å²) in [6, 6.07) is 59.7. The molecule has 12 aromatic rings. The Balaban J connectivity index is 1.09. The van der Waals surface area contributed by atoms with Gasteiger partial charge in [0.25, 0.3) is 0 Å². The van der Waals surface area contributed by atoms with E-state index in [-0.39, 0.29) is 0 Å². The molecule has 0 aliphatic carbocycles. The van der Waals surface area contributed by atoms with Crippen molar-refractivity contribution in [3.05, 3.63) is 169 Å². The van der Waals surface area contributed by atoms with E-state index >= 15 is 0 Å². The van der Waals surface area contributed by atoms with Crippen LogP contribution in [0.3, 0.4) is 0 Å². The van der Waals surface area contributed by atoms with Gasteiger partial charge in [0.2, 0.25) is 0 Å².